The van der Waals surface area contributed by atoms with Crippen molar-refractivity contribution in [2.75, 3.05) is 0 Å². The lowest BCUT2D eigenvalue weighted by atomic mass is 9.83. The first kappa shape index (κ1) is 27.0. The maximum Gasteiger partial charge on any atom is 0.127 e. The highest BCUT2D eigenvalue weighted by Gasteiger charge is 2.34. The summed E-state index contributed by atoms with van der Waals surface area (Å²) in [6, 6.07) is 0. The van der Waals surface area contributed by atoms with Gasteiger partial charge in [-0.2, -0.15) is 0 Å². The summed E-state index contributed by atoms with van der Waals surface area (Å²) in [7, 11) is 0. The molecule has 1 unspecified atom stereocenters. The van der Waals surface area contributed by atoms with Crippen LogP contribution in [0.15, 0.2) is 0 Å². The molecule has 1 aromatic carbocycles. The summed E-state index contributed by atoms with van der Waals surface area (Å²) >= 11 is 0. The largest absolute Gasteiger partial charge is 0.507 e. The molecule has 1 aromatic rings. The van der Waals surface area contributed by atoms with E-state index in [0.717, 1.165) is 73.3 Å². The van der Waals surface area contributed by atoms with Crippen LogP contribution >= 0.6 is 0 Å². The second kappa shape index (κ2) is 11.8. The maximum absolute atomic E-state index is 10.6. The van der Waals surface area contributed by atoms with Crippen LogP contribution in [-0.2, 0) is 6.42 Å². The smallest absolute Gasteiger partial charge is 0.127 e. The van der Waals surface area contributed by atoms with E-state index in [4.69, 9.17) is 4.74 Å². The van der Waals surface area contributed by atoms with E-state index in [9.17, 15) is 10.2 Å². The summed E-state index contributed by atoms with van der Waals surface area (Å²) < 4.78 is 6.58. The van der Waals surface area contributed by atoms with Crippen LogP contribution in [0.3, 0.4) is 0 Å². The normalized spacial score (nSPS) is 21.2. The van der Waals surface area contributed by atoms with E-state index in [1.807, 2.05) is 13.8 Å². The zero-order valence-corrected chi connectivity index (χ0v) is 22.2. The predicted octanol–water partition coefficient (Wildman–Crippen LogP) is 7.81. The molecule has 0 saturated heterocycles. The summed E-state index contributed by atoms with van der Waals surface area (Å²) in [5, 5.41) is 21.0. The monoisotopic (exact) mass is 446 g/mol. The molecule has 0 bridgehead atoms. The number of aliphatic hydroxyl groups is 1. The van der Waals surface area contributed by atoms with Crippen molar-refractivity contribution in [3.63, 3.8) is 0 Å². The Morgan fingerprint density at radius 3 is 2.06 bits per heavy atom. The van der Waals surface area contributed by atoms with Crippen molar-refractivity contribution in [1.29, 1.82) is 0 Å². The van der Waals surface area contributed by atoms with Gasteiger partial charge in [-0.05, 0) is 101 Å². The first-order valence-electron chi connectivity index (χ1n) is 13.1. The topological polar surface area (TPSA) is 49.7 Å². The summed E-state index contributed by atoms with van der Waals surface area (Å²) in [5.74, 6) is 3.35. The number of rotatable bonds is 12. The number of hydrogen-bond acceptors (Lipinski definition) is 3. The van der Waals surface area contributed by atoms with Gasteiger partial charge in [0.15, 0.2) is 0 Å². The highest BCUT2D eigenvalue weighted by atomic mass is 16.5. The van der Waals surface area contributed by atoms with Crippen LogP contribution in [0, 0.1) is 38.5 Å². The Hall–Kier alpha value is -1.22. The second-order valence-corrected chi connectivity index (χ2v) is 11.6. The van der Waals surface area contributed by atoms with E-state index in [-0.39, 0.29) is 11.7 Å². The Kier molecular flexibility index (Phi) is 9.94. The Morgan fingerprint density at radius 1 is 0.875 bits per heavy atom. The average molecular weight is 447 g/mol. The van der Waals surface area contributed by atoms with Gasteiger partial charge in [-0.3, -0.25) is 0 Å². The fourth-order valence-corrected chi connectivity index (χ4v) is 5.43. The van der Waals surface area contributed by atoms with E-state index in [1.54, 1.807) is 0 Å². The van der Waals surface area contributed by atoms with Gasteiger partial charge >= 0.3 is 0 Å². The highest BCUT2D eigenvalue weighted by molar-refractivity contribution is 5.58. The fourth-order valence-electron chi connectivity index (χ4n) is 5.43. The quantitative estimate of drug-likeness (QED) is 0.344. The van der Waals surface area contributed by atoms with Crippen LogP contribution in [0.25, 0.3) is 0 Å². The molecule has 2 rings (SSSR count). The minimum absolute atomic E-state index is 0.142. The van der Waals surface area contributed by atoms with Gasteiger partial charge in [0.2, 0.25) is 0 Å². The second-order valence-electron chi connectivity index (χ2n) is 11.6. The summed E-state index contributed by atoms with van der Waals surface area (Å²) in [5.41, 5.74) is 4.03. The van der Waals surface area contributed by atoms with Gasteiger partial charge in [-0.25, -0.2) is 0 Å². The molecule has 1 aliphatic heterocycles. The third kappa shape index (κ3) is 7.40. The molecule has 0 amide bonds. The summed E-state index contributed by atoms with van der Waals surface area (Å²) in [4.78, 5) is 0. The number of aliphatic hydroxyl groups excluding tert-OH is 1. The predicted molar refractivity (Wildman–Crippen MR) is 136 cm³/mol. The van der Waals surface area contributed by atoms with Gasteiger partial charge < -0.3 is 14.9 Å². The van der Waals surface area contributed by atoms with Crippen LogP contribution in [-0.4, -0.2) is 21.9 Å². The molecule has 1 aliphatic rings. The molecular weight excluding hydrogens is 396 g/mol. The third-order valence-corrected chi connectivity index (χ3v) is 7.82. The minimum atomic E-state index is -0.172. The number of fused-ring (bicyclic) bond motifs is 1. The molecule has 3 heteroatoms. The van der Waals surface area contributed by atoms with Crippen molar-refractivity contribution in [3.05, 3.63) is 22.3 Å². The Morgan fingerprint density at radius 2 is 1.47 bits per heavy atom. The molecule has 0 radical (unpaired) electrons. The number of benzene rings is 1. The highest BCUT2D eigenvalue weighted by Crippen LogP contribution is 2.44. The van der Waals surface area contributed by atoms with E-state index < -0.39 is 0 Å². The molecule has 2 N–H and O–H groups in total. The number of phenolic OH excluding ortho intramolecular Hbond substituents is 1. The molecule has 0 aromatic heterocycles. The zero-order valence-electron chi connectivity index (χ0n) is 22.2. The zero-order chi connectivity index (χ0) is 24.1. The number of ether oxygens (including phenoxy) is 1. The number of aromatic hydroxyl groups is 1. The van der Waals surface area contributed by atoms with Crippen LogP contribution in [0.2, 0.25) is 0 Å². The van der Waals surface area contributed by atoms with Gasteiger partial charge in [0.25, 0.3) is 0 Å². The van der Waals surface area contributed by atoms with Crippen LogP contribution < -0.4 is 4.74 Å². The van der Waals surface area contributed by atoms with Gasteiger partial charge in [0.1, 0.15) is 17.1 Å². The first-order chi connectivity index (χ1) is 14.9. The van der Waals surface area contributed by atoms with E-state index in [0.29, 0.717) is 17.6 Å². The molecule has 0 saturated carbocycles. The summed E-state index contributed by atoms with van der Waals surface area (Å²) in [6.07, 6.45) is 10.7. The van der Waals surface area contributed by atoms with Crippen molar-refractivity contribution in [2.45, 2.75) is 131 Å². The molecule has 0 fully saturated rings. The van der Waals surface area contributed by atoms with E-state index in [1.165, 1.54) is 24.8 Å². The molecule has 4 atom stereocenters. The molecule has 0 aliphatic carbocycles. The third-order valence-electron chi connectivity index (χ3n) is 7.82. The van der Waals surface area contributed by atoms with Crippen molar-refractivity contribution >= 4 is 0 Å². The molecule has 1 heterocycles. The van der Waals surface area contributed by atoms with Crippen LogP contribution in [0.4, 0.5) is 0 Å². The van der Waals surface area contributed by atoms with Gasteiger partial charge in [-0.15, -0.1) is 0 Å². The summed E-state index contributed by atoms with van der Waals surface area (Å²) in [6.45, 7) is 17.4. The molecule has 0 spiro atoms. The van der Waals surface area contributed by atoms with Crippen molar-refractivity contribution in [1.82, 2.24) is 0 Å². The van der Waals surface area contributed by atoms with Crippen LogP contribution in [0.5, 0.6) is 11.5 Å². The first-order valence-corrected chi connectivity index (χ1v) is 13.1. The fraction of sp³-hybridized carbons (Fsp3) is 0.793. The Bertz CT molecular complexity index is 739. The number of phenols is 1. The molecule has 32 heavy (non-hydrogen) atoms. The van der Waals surface area contributed by atoms with E-state index >= 15 is 0 Å². The maximum atomic E-state index is 10.6. The van der Waals surface area contributed by atoms with Gasteiger partial charge in [0, 0.05) is 5.56 Å². The van der Waals surface area contributed by atoms with Crippen molar-refractivity contribution < 1.29 is 14.9 Å². The van der Waals surface area contributed by atoms with Crippen LogP contribution in [0.1, 0.15) is 115 Å². The average Bonchev–Trinajstić information content (AvgIpc) is 2.70. The van der Waals surface area contributed by atoms with Gasteiger partial charge in [-0.1, -0.05) is 53.4 Å². The number of hydrogen-bond donors (Lipinski definition) is 2. The lowest BCUT2D eigenvalue weighted by Gasteiger charge is -2.38. The van der Waals surface area contributed by atoms with Gasteiger partial charge in [0.05, 0.1) is 6.10 Å². The Balaban J connectivity index is 1.79. The Labute approximate surface area is 198 Å². The van der Waals surface area contributed by atoms with Crippen molar-refractivity contribution in [2.24, 2.45) is 17.8 Å². The standard InChI is InChI=1S/C29H50O3/c1-19(2)11-9-12-20(3)17-25(30)18-21(4)13-10-15-29(8)16-14-26-24(7)27(31)22(5)23(6)28(26)32-29/h19-21,25,30-31H,9-18H2,1-8H3/t20-,21+,25?,29-/m0/s1. The lowest BCUT2D eigenvalue weighted by Crippen LogP contribution is -2.37. The lowest BCUT2D eigenvalue weighted by molar-refractivity contribution is 0.0500. The molecule has 3 nitrogen and oxygen atoms in total. The van der Waals surface area contributed by atoms with E-state index in [2.05, 4.69) is 41.5 Å². The molecule has 184 valence electrons. The molecular formula is C29H50O3. The minimum Gasteiger partial charge on any atom is -0.507 e. The SMILES string of the molecule is Cc1c(C)c2c(c(C)c1O)CC[C@](C)(CCC[C@@H](C)CC(O)C[C@@H](C)CCCC(C)C)O2. The van der Waals surface area contributed by atoms with Crippen molar-refractivity contribution in [3.8, 4) is 11.5 Å².